The predicted molar refractivity (Wildman–Crippen MR) is 66.6 cm³/mol. The highest BCUT2D eigenvalue weighted by Crippen LogP contribution is 2.29. The molecule has 2 N–H and O–H groups in total. The summed E-state index contributed by atoms with van der Waals surface area (Å²) in [4.78, 5) is 20.0. The van der Waals surface area contributed by atoms with Crippen molar-refractivity contribution in [3.05, 3.63) is 17.0 Å². The number of nitrogens with one attached hydrogen (secondary N) is 1. The minimum atomic E-state index is -0.708. The monoisotopic (exact) mass is 247 g/mol. The van der Waals surface area contributed by atoms with Gasteiger partial charge in [-0.15, -0.1) is 0 Å². The highest BCUT2D eigenvalue weighted by Gasteiger charge is 2.28. The summed E-state index contributed by atoms with van der Waals surface area (Å²) in [5.41, 5.74) is 2.99. The van der Waals surface area contributed by atoms with Crippen LogP contribution in [0.1, 0.15) is 36.2 Å². The third kappa shape index (κ3) is 2.17. The lowest BCUT2D eigenvalue weighted by molar-refractivity contribution is -0.142. The average molecular weight is 247 g/mol. The van der Waals surface area contributed by atoms with E-state index in [1.165, 1.54) is 12.8 Å². The van der Waals surface area contributed by atoms with E-state index >= 15 is 0 Å². The first-order valence-electron chi connectivity index (χ1n) is 6.49. The highest BCUT2D eigenvalue weighted by molar-refractivity contribution is 5.71. The van der Waals surface area contributed by atoms with E-state index in [2.05, 4.69) is 15.3 Å². The second-order valence-electron chi connectivity index (χ2n) is 5.25. The molecule has 1 saturated carbocycles. The zero-order valence-corrected chi connectivity index (χ0v) is 10.4. The van der Waals surface area contributed by atoms with Gasteiger partial charge in [-0.1, -0.05) is 0 Å². The van der Waals surface area contributed by atoms with Crippen LogP contribution in [0, 0.1) is 12.8 Å². The van der Waals surface area contributed by atoms with Gasteiger partial charge in [0.25, 0.3) is 0 Å². The van der Waals surface area contributed by atoms with E-state index in [1.54, 1.807) is 0 Å². The number of aromatic nitrogens is 2. The lowest BCUT2D eigenvalue weighted by Gasteiger charge is -2.22. The number of hydrogen-bond donors (Lipinski definition) is 2. The molecule has 1 unspecified atom stereocenters. The van der Waals surface area contributed by atoms with Crippen molar-refractivity contribution in [3.63, 3.8) is 0 Å². The van der Waals surface area contributed by atoms with Gasteiger partial charge in [-0.3, -0.25) is 4.79 Å². The van der Waals surface area contributed by atoms with Gasteiger partial charge in [-0.05, 0) is 44.6 Å². The number of nitrogens with zero attached hydrogens (tertiary/aromatic N) is 2. The normalized spacial score (nSPS) is 22.4. The lowest BCUT2D eigenvalue weighted by atomic mass is 9.86. The third-order valence-corrected chi connectivity index (χ3v) is 3.74. The molecule has 1 aromatic heterocycles. The van der Waals surface area contributed by atoms with Crippen LogP contribution in [0.5, 0.6) is 0 Å². The third-order valence-electron chi connectivity index (χ3n) is 3.74. The first-order valence-corrected chi connectivity index (χ1v) is 6.49. The maximum absolute atomic E-state index is 11.0. The number of aliphatic carboxylic acids is 1. The summed E-state index contributed by atoms with van der Waals surface area (Å²) in [6, 6.07) is 0.540. The van der Waals surface area contributed by atoms with Crippen molar-refractivity contribution in [2.24, 2.45) is 5.92 Å². The molecular formula is C13H17N3O2. The SMILES string of the molecule is Cc1nc(NC2CC2)nc2c1CC(C(=O)O)CC2. The molecule has 1 aromatic rings. The van der Waals surface area contributed by atoms with Gasteiger partial charge in [0.2, 0.25) is 5.95 Å². The van der Waals surface area contributed by atoms with Crippen molar-refractivity contribution in [1.82, 2.24) is 9.97 Å². The van der Waals surface area contributed by atoms with Crippen LogP contribution in [-0.2, 0) is 17.6 Å². The van der Waals surface area contributed by atoms with Gasteiger partial charge in [0, 0.05) is 17.4 Å². The van der Waals surface area contributed by atoms with Gasteiger partial charge in [-0.25, -0.2) is 9.97 Å². The Labute approximate surface area is 106 Å². The highest BCUT2D eigenvalue weighted by atomic mass is 16.4. The minimum absolute atomic E-state index is 0.276. The van der Waals surface area contributed by atoms with E-state index in [0.717, 1.165) is 23.4 Å². The number of aryl methyl sites for hydroxylation is 2. The van der Waals surface area contributed by atoms with Crippen LogP contribution in [0.25, 0.3) is 0 Å². The molecule has 96 valence electrons. The second-order valence-corrected chi connectivity index (χ2v) is 5.25. The molecule has 0 aliphatic heterocycles. The molecule has 2 aliphatic carbocycles. The van der Waals surface area contributed by atoms with Crippen LogP contribution in [0.3, 0.4) is 0 Å². The number of carbonyl (C=O) groups is 1. The van der Waals surface area contributed by atoms with E-state index in [-0.39, 0.29) is 5.92 Å². The molecule has 0 saturated heterocycles. The molecule has 0 amide bonds. The maximum Gasteiger partial charge on any atom is 0.306 e. The molecule has 0 bridgehead atoms. The number of hydrogen-bond acceptors (Lipinski definition) is 4. The quantitative estimate of drug-likeness (QED) is 0.847. The summed E-state index contributed by atoms with van der Waals surface area (Å²) in [5, 5.41) is 12.4. The number of fused-ring (bicyclic) bond motifs is 1. The zero-order valence-electron chi connectivity index (χ0n) is 10.4. The number of carboxylic acids is 1. The minimum Gasteiger partial charge on any atom is -0.481 e. The molecule has 18 heavy (non-hydrogen) atoms. The Bertz CT molecular complexity index is 497. The molecule has 2 aliphatic rings. The van der Waals surface area contributed by atoms with Gasteiger partial charge in [-0.2, -0.15) is 0 Å². The molecule has 0 spiro atoms. The Hall–Kier alpha value is -1.65. The van der Waals surface area contributed by atoms with Gasteiger partial charge in [0.1, 0.15) is 0 Å². The lowest BCUT2D eigenvalue weighted by Crippen LogP contribution is -2.24. The summed E-state index contributed by atoms with van der Waals surface area (Å²) in [7, 11) is 0. The Balaban J connectivity index is 1.86. The van der Waals surface area contributed by atoms with Gasteiger partial charge >= 0.3 is 5.97 Å². The summed E-state index contributed by atoms with van der Waals surface area (Å²) in [6.07, 6.45) is 4.39. The van der Waals surface area contributed by atoms with E-state index in [9.17, 15) is 4.79 Å². The van der Waals surface area contributed by atoms with Gasteiger partial charge in [0.15, 0.2) is 0 Å². The van der Waals surface area contributed by atoms with Crippen LogP contribution >= 0.6 is 0 Å². The van der Waals surface area contributed by atoms with E-state index in [1.807, 2.05) is 6.92 Å². The molecule has 1 fully saturated rings. The Kier molecular flexibility index (Phi) is 2.69. The van der Waals surface area contributed by atoms with Gasteiger partial charge < -0.3 is 10.4 Å². The summed E-state index contributed by atoms with van der Waals surface area (Å²) < 4.78 is 0. The number of anilines is 1. The van der Waals surface area contributed by atoms with E-state index in [0.29, 0.717) is 24.8 Å². The fourth-order valence-corrected chi connectivity index (χ4v) is 2.47. The predicted octanol–water partition coefficient (Wildman–Crippen LogP) is 1.55. The summed E-state index contributed by atoms with van der Waals surface area (Å²) in [5.74, 6) is -0.273. The summed E-state index contributed by atoms with van der Waals surface area (Å²) >= 11 is 0. The van der Waals surface area contributed by atoms with Crippen molar-refractivity contribution >= 4 is 11.9 Å². The van der Waals surface area contributed by atoms with E-state index < -0.39 is 5.97 Å². The van der Waals surface area contributed by atoms with Crippen molar-refractivity contribution < 1.29 is 9.90 Å². The van der Waals surface area contributed by atoms with Crippen LogP contribution in [-0.4, -0.2) is 27.1 Å². The van der Waals surface area contributed by atoms with Crippen LogP contribution in [0.15, 0.2) is 0 Å². The van der Waals surface area contributed by atoms with Gasteiger partial charge in [0.05, 0.1) is 5.92 Å². The first-order chi connectivity index (χ1) is 8.63. The molecule has 1 atom stereocenters. The van der Waals surface area contributed by atoms with Crippen LogP contribution in [0.2, 0.25) is 0 Å². The van der Waals surface area contributed by atoms with Crippen LogP contribution in [0.4, 0.5) is 5.95 Å². The van der Waals surface area contributed by atoms with Crippen molar-refractivity contribution in [1.29, 1.82) is 0 Å². The standard InChI is InChI=1S/C13H17N3O2/c1-7-10-6-8(12(17)18)2-5-11(10)16-13(14-7)15-9-3-4-9/h8-9H,2-6H2,1H3,(H,17,18)(H,14,15,16). The molecule has 5 heteroatoms. The second kappa shape index (κ2) is 4.23. The fraction of sp³-hybridized carbons (Fsp3) is 0.615. The Morgan fingerprint density at radius 2 is 2.11 bits per heavy atom. The number of rotatable bonds is 3. The van der Waals surface area contributed by atoms with E-state index in [4.69, 9.17) is 5.11 Å². The van der Waals surface area contributed by atoms with Crippen LogP contribution < -0.4 is 5.32 Å². The summed E-state index contributed by atoms with van der Waals surface area (Å²) in [6.45, 7) is 1.95. The topological polar surface area (TPSA) is 75.1 Å². The Morgan fingerprint density at radius 1 is 1.33 bits per heavy atom. The zero-order chi connectivity index (χ0) is 12.7. The number of carboxylic acid groups (broad SMARTS) is 1. The smallest absolute Gasteiger partial charge is 0.306 e. The van der Waals surface area contributed by atoms with Crippen molar-refractivity contribution in [2.75, 3.05) is 5.32 Å². The van der Waals surface area contributed by atoms with Crippen molar-refractivity contribution in [2.45, 2.75) is 45.1 Å². The largest absolute Gasteiger partial charge is 0.481 e. The molecule has 0 radical (unpaired) electrons. The molecule has 0 aromatic carbocycles. The maximum atomic E-state index is 11.0. The molecular weight excluding hydrogens is 230 g/mol. The molecule has 1 heterocycles. The van der Waals surface area contributed by atoms with Crippen molar-refractivity contribution in [3.8, 4) is 0 Å². The Morgan fingerprint density at radius 3 is 2.78 bits per heavy atom. The average Bonchev–Trinajstić information content (AvgIpc) is 3.12. The first kappa shape index (κ1) is 11.4. The molecule has 5 nitrogen and oxygen atoms in total. The fourth-order valence-electron chi connectivity index (χ4n) is 2.47. The molecule has 3 rings (SSSR count).